The summed E-state index contributed by atoms with van der Waals surface area (Å²) in [6, 6.07) is 8.33. The van der Waals surface area contributed by atoms with Crippen molar-refractivity contribution >= 4 is 15.9 Å². The first-order valence-electron chi connectivity index (χ1n) is 5.74. The lowest BCUT2D eigenvalue weighted by molar-refractivity contribution is 0.714. The van der Waals surface area contributed by atoms with Gasteiger partial charge in [-0.05, 0) is 44.1 Å². The molecule has 1 aromatic heterocycles. The van der Waals surface area contributed by atoms with E-state index in [0.717, 1.165) is 23.9 Å². The molecule has 0 bridgehead atoms. The second-order valence-electron chi connectivity index (χ2n) is 3.98. The second-order valence-corrected chi connectivity index (χ2v) is 4.89. The molecule has 2 aromatic rings. The molecule has 17 heavy (non-hydrogen) atoms. The zero-order valence-corrected chi connectivity index (χ0v) is 11.4. The van der Waals surface area contributed by atoms with E-state index in [4.69, 9.17) is 0 Å². The summed E-state index contributed by atoms with van der Waals surface area (Å²) >= 11 is 3.45. The minimum atomic E-state index is 1.02. The molecule has 3 nitrogen and oxygen atoms in total. The predicted molar refractivity (Wildman–Crippen MR) is 74.0 cm³/mol. The zero-order valence-electron chi connectivity index (χ0n) is 9.83. The Hall–Kier alpha value is -1.13. The maximum atomic E-state index is 4.14. The molecular formula is C13H16BrN3. The number of nitrogens with zero attached hydrogens (tertiary/aromatic N) is 1. The van der Waals surface area contributed by atoms with Gasteiger partial charge in [0.2, 0.25) is 0 Å². The number of aromatic nitrogens is 2. The molecule has 0 spiro atoms. The molecule has 0 fully saturated rings. The standard InChI is InChI=1S/C13H16BrN3/c1-15-8-2-3-13-12(9-16-17-13)10-4-6-11(14)7-5-10/h4-7,9,15H,2-3,8H2,1H3,(H,16,17). The number of hydrogen-bond acceptors (Lipinski definition) is 2. The van der Waals surface area contributed by atoms with Gasteiger partial charge in [-0.15, -0.1) is 0 Å². The first-order valence-corrected chi connectivity index (χ1v) is 6.53. The zero-order chi connectivity index (χ0) is 12.1. The molecule has 1 heterocycles. The van der Waals surface area contributed by atoms with Gasteiger partial charge < -0.3 is 5.32 Å². The number of H-pyrrole nitrogens is 1. The number of aryl methyl sites for hydroxylation is 1. The van der Waals surface area contributed by atoms with E-state index in [2.05, 4.69) is 55.7 Å². The van der Waals surface area contributed by atoms with Gasteiger partial charge in [-0.2, -0.15) is 5.10 Å². The highest BCUT2D eigenvalue weighted by atomic mass is 79.9. The van der Waals surface area contributed by atoms with Gasteiger partial charge in [-0.3, -0.25) is 5.10 Å². The number of halogens is 1. The Balaban J connectivity index is 2.15. The van der Waals surface area contributed by atoms with E-state index in [1.165, 1.54) is 16.8 Å². The van der Waals surface area contributed by atoms with Gasteiger partial charge in [0.1, 0.15) is 0 Å². The summed E-state index contributed by atoms with van der Waals surface area (Å²) in [4.78, 5) is 0. The van der Waals surface area contributed by atoms with Crippen LogP contribution in [0.4, 0.5) is 0 Å². The van der Waals surface area contributed by atoms with Crippen LogP contribution in [-0.2, 0) is 6.42 Å². The third kappa shape index (κ3) is 3.17. The van der Waals surface area contributed by atoms with E-state index in [0.29, 0.717) is 0 Å². The molecule has 0 aliphatic rings. The second kappa shape index (κ2) is 5.98. The molecule has 2 N–H and O–H groups in total. The van der Waals surface area contributed by atoms with Crippen LogP contribution in [0.3, 0.4) is 0 Å². The van der Waals surface area contributed by atoms with Gasteiger partial charge in [0, 0.05) is 15.7 Å². The fourth-order valence-corrected chi connectivity index (χ4v) is 2.09. The first kappa shape index (κ1) is 12.3. The van der Waals surface area contributed by atoms with Crippen molar-refractivity contribution in [3.63, 3.8) is 0 Å². The van der Waals surface area contributed by atoms with Crippen LogP contribution in [0.15, 0.2) is 34.9 Å². The Morgan fingerprint density at radius 1 is 1.29 bits per heavy atom. The Kier molecular flexibility index (Phi) is 4.34. The van der Waals surface area contributed by atoms with Crippen molar-refractivity contribution in [1.29, 1.82) is 0 Å². The maximum Gasteiger partial charge on any atom is 0.0568 e. The van der Waals surface area contributed by atoms with Gasteiger partial charge in [-0.1, -0.05) is 28.1 Å². The van der Waals surface area contributed by atoms with Crippen molar-refractivity contribution in [2.45, 2.75) is 12.8 Å². The molecule has 0 unspecified atom stereocenters. The van der Waals surface area contributed by atoms with Crippen LogP contribution < -0.4 is 5.32 Å². The van der Waals surface area contributed by atoms with Crippen LogP contribution in [0.25, 0.3) is 11.1 Å². The first-order chi connectivity index (χ1) is 8.31. The van der Waals surface area contributed by atoms with Crippen LogP contribution in [0.2, 0.25) is 0 Å². The fourth-order valence-electron chi connectivity index (χ4n) is 1.82. The lowest BCUT2D eigenvalue weighted by Gasteiger charge is -2.03. The predicted octanol–water partition coefficient (Wildman–Crippen LogP) is 2.99. The molecule has 1 aromatic carbocycles. The highest BCUT2D eigenvalue weighted by Crippen LogP contribution is 2.24. The summed E-state index contributed by atoms with van der Waals surface area (Å²) in [5.74, 6) is 0. The van der Waals surface area contributed by atoms with Crippen LogP contribution in [0.1, 0.15) is 12.1 Å². The van der Waals surface area contributed by atoms with Crippen molar-refractivity contribution in [2.24, 2.45) is 0 Å². The summed E-state index contributed by atoms with van der Waals surface area (Å²) < 4.78 is 1.10. The molecule has 0 aliphatic heterocycles. The quantitative estimate of drug-likeness (QED) is 0.832. The van der Waals surface area contributed by atoms with Crippen LogP contribution in [0.5, 0.6) is 0 Å². The molecule has 90 valence electrons. The van der Waals surface area contributed by atoms with Crippen LogP contribution >= 0.6 is 15.9 Å². The number of rotatable bonds is 5. The lowest BCUT2D eigenvalue weighted by atomic mass is 10.0. The Morgan fingerprint density at radius 3 is 2.76 bits per heavy atom. The van der Waals surface area contributed by atoms with Crippen molar-refractivity contribution in [2.75, 3.05) is 13.6 Å². The van der Waals surface area contributed by atoms with Gasteiger partial charge >= 0.3 is 0 Å². The summed E-state index contributed by atoms with van der Waals surface area (Å²) in [5.41, 5.74) is 3.62. The molecule has 4 heteroatoms. The average Bonchev–Trinajstić information content (AvgIpc) is 2.79. The van der Waals surface area contributed by atoms with E-state index < -0.39 is 0 Å². The molecule has 0 amide bonds. The normalized spacial score (nSPS) is 10.7. The summed E-state index contributed by atoms with van der Waals surface area (Å²) in [6.07, 6.45) is 4.03. The van der Waals surface area contributed by atoms with E-state index in [9.17, 15) is 0 Å². The third-order valence-corrected chi connectivity index (χ3v) is 3.26. The van der Waals surface area contributed by atoms with E-state index in [-0.39, 0.29) is 0 Å². The van der Waals surface area contributed by atoms with Gasteiger partial charge in [0.15, 0.2) is 0 Å². The highest BCUT2D eigenvalue weighted by Gasteiger charge is 2.06. The topological polar surface area (TPSA) is 40.7 Å². The number of benzene rings is 1. The number of aromatic amines is 1. The molecule has 2 rings (SSSR count). The van der Waals surface area contributed by atoms with Crippen molar-refractivity contribution in [3.8, 4) is 11.1 Å². The van der Waals surface area contributed by atoms with Gasteiger partial charge in [0.25, 0.3) is 0 Å². The molecule has 0 aliphatic carbocycles. The minimum Gasteiger partial charge on any atom is -0.320 e. The SMILES string of the molecule is CNCCCc1[nH]ncc1-c1ccc(Br)cc1. The molecule has 0 saturated heterocycles. The van der Waals surface area contributed by atoms with Gasteiger partial charge in [0.05, 0.1) is 6.20 Å². The molecule has 0 radical (unpaired) electrons. The summed E-state index contributed by atoms with van der Waals surface area (Å²) in [5, 5.41) is 10.4. The highest BCUT2D eigenvalue weighted by molar-refractivity contribution is 9.10. The van der Waals surface area contributed by atoms with E-state index in [1.54, 1.807) is 0 Å². The number of hydrogen-bond donors (Lipinski definition) is 2. The Morgan fingerprint density at radius 2 is 2.06 bits per heavy atom. The van der Waals surface area contributed by atoms with Gasteiger partial charge in [-0.25, -0.2) is 0 Å². The van der Waals surface area contributed by atoms with E-state index >= 15 is 0 Å². The summed E-state index contributed by atoms with van der Waals surface area (Å²) in [6.45, 7) is 1.03. The van der Waals surface area contributed by atoms with Crippen LogP contribution in [-0.4, -0.2) is 23.8 Å². The fraction of sp³-hybridized carbons (Fsp3) is 0.308. The lowest BCUT2D eigenvalue weighted by Crippen LogP contribution is -2.08. The van der Waals surface area contributed by atoms with E-state index in [1.807, 2.05) is 13.2 Å². The maximum absolute atomic E-state index is 4.14. The number of nitrogens with one attached hydrogen (secondary N) is 2. The third-order valence-electron chi connectivity index (χ3n) is 2.73. The molecule has 0 saturated carbocycles. The largest absolute Gasteiger partial charge is 0.320 e. The van der Waals surface area contributed by atoms with Crippen LogP contribution in [0, 0.1) is 0 Å². The smallest absolute Gasteiger partial charge is 0.0568 e. The Labute approximate surface area is 110 Å². The monoisotopic (exact) mass is 293 g/mol. The van der Waals surface area contributed by atoms with Crippen molar-refractivity contribution in [3.05, 3.63) is 40.6 Å². The molecular weight excluding hydrogens is 278 g/mol. The summed E-state index contributed by atoms with van der Waals surface area (Å²) in [7, 11) is 1.97. The van der Waals surface area contributed by atoms with Crippen molar-refractivity contribution < 1.29 is 0 Å². The Bertz CT molecular complexity index is 462. The van der Waals surface area contributed by atoms with Crippen molar-refractivity contribution in [1.82, 2.24) is 15.5 Å². The minimum absolute atomic E-state index is 1.02. The molecule has 0 atom stereocenters. The average molecular weight is 294 g/mol.